The molecule has 0 fully saturated rings. The Morgan fingerprint density at radius 2 is 1.73 bits per heavy atom. The van der Waals surface area contributed by atoms with E-state index in [1.165, 1.54) is 44.2 Å². The maximum absolute atomic E-state index is 4.31. The smallest absolute Gasteiger partial charge is 0.0403 e. The molecule has 1 nitrogen and oxygen atoms in total. The Hall–Kier alpha value is -0.370. The van der Waals surface area contributed by atoms with Gasteiger partial charge in [0.15, 0.2) is 0 Å². The Morgan fingerprint density at radius 3 is 2.40 bits per heavy atom. The van der Waals surface area contributed by atoms with Gasteiger partial charge in [-0.15, -0.1) is 17.0 Å². The maximum Gasteiger partial charge on any atom is 0.0403 e. The molecular weight excluding hydrogens is 250 g/mol. The minimum absolute atomic E-state index is 0. The molecule has 0 atom stereocenters. The second-order valence-corrected chi connectivity index (χ2v) is 3.84. The van der Waals surface area contributed by atoms with Crippen LogP contribution in [-0.2, 0) is 6.42 Å². The predicted octanol–water partition coefficient (Wildman–Crippen LogP) is 4.56. The molecule has 0 spiro atoms. The molecule has 0 aliphatic heterocycles. The molecule has 0 bridgehead atoms. The molecule has 1 aromatic heterocycles. The lowest BCUT2D eigenvalue weighted by molar-refractivity contribution is 0.604. The number of hydrogen-bond acceptors (Lipinski definition) is 1. The number of pyridine rings is 1. The third-order valence-corrected chi connectivity index (χ3v) is 2.51. The highest BCUT2D eigenvalue weighted by Gasteiger charge is 1.93. The van der Waals surface area contributed by atoms with Crippen LogP contribution < -0.4 is 0 Å². The fourth-order valence-corrected chi connectivity index (χ4v) is 1.63. The average Bonchev–Trinajstić information content (AvgIpc) is 2.25. The van der Waals surface area contributed by atoms with E-state index in [-0.39, 0.29) is 17.0 Å². The molecule has 0 amide bonds. The summed E-state index contributed by atoms with van der Waals surface area (Å²) < 4.78 is 0. The lowest BCUT2D eigenvalue weighted by Crippen LogP contribution is -1.88. The minimum atomic E-state index is 0. The normalized spacial score (nSPS) is 9.67. The van der Waals surface area contributed by atoms with Crippen molar-refractivity contribution in [2.75, 3.05) is 0 Å². The number of nitrogens with zero attached hydrogens (tertiary/aromatic N) is 1. The van der Waals surface area contributed by atoms with E-state index in [4.69, 9.17) is 0 Å². The van der Waals surface area contributed by atoms with Crippen molar-refractivity contribution in [3.8, 4) is 0 Å². The van der Waals surface area contributed by atoms with Gasteiger partial charge in [-0.2, -0.15) is 0 Å². The van der Waals surface area contributed by atoms with Gasteiger partial charge in [0.1, 0.15) is 0 Å². The van der Waals surface area contributed by atoms with Crippen LogP contribution in [0, 0.1) is 0 Å². The van der Waals surface area contributed by atoms with Gasteiger partial charge in [0, 0.05) is 11.9 Å². The summed E-state index contributed by atoms with van der Waals surface area (Å²) in [5, 5.41) is 0. The van der Waals surface area contributed by atoms with Crippen LogP contribution in [0.5, 0.6) is 0 Å². The van der Waals surface area contributed by atoms with Crippen molar-refractivity contribution < 1.29 is 0 Å². The molecule has 0 unspecified atom stereocenters. The lowest BCUT2D eigenvalue weighted by Gasteiger charge is -2.00. The third-order valence-electron chi connectivity index (χ3n) is 2.51. The van der Waals surface area contributed by atoms with Crippen molar-refractivity contribution in [1.29, 1.82) is 0 Å². The van der Waals surface area contributed by atoms with Gasteiger partial charge < -0.3 is 0 Å². The Kier molecular flexibility index (Phi) is 9.91. The monoisotopic (exact) mass is 271 g/mol. The molecule has 2 heteroatoms. The van der Waals surface area contributed by atoms with Crippen molar-refractivity contribution in [3.63, 3.8) is 0 Å². The highest BCUT2D eigenvalue weighted by molar-refractivity contribution is 8.93. The molecule has 0 saturated heterocycles. The molecule has 15 heavy (non-hydrogen) atoms. The van der Waals surface area contributed by atoms with Crippen LogP contribution in [0.3, 0.4) is 0 Å². The molecular formula is C13H22BrN. The van der Waals surface area contributed by atoms with E-state index in [1.54, 1.807) is 0 Å². The van der Waals surface area contributed by atoms with E-state index in [0.29, 0.717) is 0 Å². The fraction of sp³-hybridized carbons (Fsp3) is 0.615. The van der Waals surface area contributed by atoms with E-state index < -0.39 is 0 Å². The van der Waals surface area contributed by atoms with Gasteiger partial charge in [-0.3, -0.25) is 4.98 Å². The van der Waals surface area contributed by atoms with Gasteiger partial charge in [0.05, 0.1) is 0 Å². The summed E-state index contributed by atoms with van der Waals surface area (Å²) >= 11 is 0. The van der Waals surface area contributed by atoms with Crippen molar-refractivity contribution in [1.82, 2.24) is 4.98 Å². The molecule has 1 rings (SSSR count). The first-order valence-corrected chi connectivity index (χ1v) is 5.83. The molecule has 0 N–H and O–H groups in total. The standard InChI is InChI=1S/C13H21N.BrH/c1-2-3-4-5-6-7-10-13-11-8-9-12-14-13;/h8-9,11-12H,2-7,10H2,1H3;1H. The Morgan fingerprint density at radius 1 is 1.00 bits per heavy atom. The van der Waals surface area contributed by atoms with Gasteiger partial charge in [0.2, 0.25) is 0 Å². The van der Waals surface area contributed by atoms with E-state index in [9.17, 15) is 0 Å². The van der Waals surface area contributed by atoms with Gasteiger partial charge >= 0.3 is 0 Å². The summed E-state index contributed by atoms with van der Waals surface area (Å²) in [5.74, 6) is 0. The molecule has 0 aliphatic carbocycles. The van der Waals surface area contributed by atoms with Crippen LogP contribution in [0.2, 0.25) is 0 Å². The molecule has 86 valence electrons. The zero-order valence-corrected chi connectivity index (χ0v) is 11.3. The van der Waals surface area contributed by atoms with E-state index in [1.807, 2.05) is 12.3 Å². The number of aryl methyl sites for hydroxylation is 1. The summed E-state index contributed by atoms with van der Waals surface area (Å²) in [6, 6.07) is 6.16. The first kappa shape index (κ1) is 14.6. The number of hydrogen-bond donors (Lipinski definition) is 0. The van der Waals surface area contributed by atoms with Gasteiger partial charge in [-0.05, 0) is 25.0 Å². The lowest BCUT2D eigenvalue weighted by atomic mass is 10.1. The molecule has 1 aromatic rings. The highest BCUT2D eigenvalue weighted by atomic mass is 79.9. The molecule has 0 aromatic carbocycles. The van der Waals surface area contributed by atoms with Crippen LogP contribution in [0.25, 0.3) is 0 Å². The quantitative estimate of drug-likeness (QED) is 0.663. The van der Waals surface area contributed by atoms with E-state index in [2.05, 4.69) is 24.0 Å². The summed E-state index contributed by atoms with van der Waals surface area (Å²) in [4.78, 5) is 4.31. The van der Waals surface area contributed by atoms with Gasteiger partial charge in [-0.25, -0.2) is 0 Å². The third kappa shape index (κ3) is 7.55. The van der Waals surface area contributed by atoms with E-state index in [0.717, 1.165) is 6.42 Å². The molecule has 0 aliphatic rings. The number of rotatable bonds is 7. The zero-order valence-electron chi connectivity index (χ0n) is 9.61. The van der Waals surface area contributed by atoms with Crippen molar-refractivity contribution in [2.24, 2.45) is 0 Å². The fourth-order valence-electron chi connectivity index (χ4n) is 1.63. The summed E-state index contributed by atoms with van der Waals surface area (Å²) in [5.41, 5.74) is 1.24. The van der Waals surface area contributed by atoms with Gasteiger partial charge in [0.25, 0.3) is 0 Å². The number of halogens is 1. The molecule has 1 heterocycles. The first-order chi connectivity index (χ1) is 6.93. The van der Waals surface area contributed by atoms with Crippen molar-refractivity contribution >= 4 is 17.0 Å². The van der Waals surface area contributed by atoms with Crippen LogP contribution in [0.1, 0.15) is 51.1 Å². The Labute approximate surface area is 104 Å². The van der Waals surface area contributed by atoms with Crippen LogP contribution in [0.15, 0.2) is 24.4 Å². The first-order valence-electron chi connectivity index (χ1n) is 5.83. The van der Waals surface area contributed by atoms with E-state index >= 15 is 0 Å². The summed E-state index contributed by atoms with van der Waals surface area (Å²) in [6.45, 7) is 2.26. The zero-order chi connectivity index (χ0) is 10.1. The van der Waals surface area contributed by atoms with Gasteiger partial charge in [-0.1, -0.05) is 45.1 Å². The maximum atomic E-state index is 4.31. The average molecular weight is 272 g/mol. The second-order valence-electron chi connectivity index (χ2n) is 3.84. The highest BCUT2D eigenvalue weighted by Crippen LogP contribution is 2.07. The van der Waals surface area contributed by atoms with Crippen LogP contribution >= 0.6 is 17.0 Å². The SMILES string of the molecule is Br.CCCCCCCCc1ccccn1. The number of aromatic nitrogens is 1. The van der Waals surface area contributed by atoms with Crippen LogP contribution in [0.4, 0.5) is 0 Å². The second kappa shape index (κ2) is 10.2. The summed E-state index contributed by atoms with van der Waals surface area (Å²) in [6.07, 6.45) is 11.2. The molecule has 0 radical (unpaired) electrons. The molecule has 0 saturated carbocycles. The topological polar surface area (TPSA) is 12.9 Å². The summed E-state index contributed by atoms with van der Waals surface area (Å²) in [7, 11) is 0. The largest absolute Gasteiger partial charge is 0.261 e. The van der Waals surface area contributed by atoms with Crippen molar-refractivity contribution in [2.45, 2.75) is 51.9 Å². The number of unbranched alkanes of at least 4 members (excludes halogenated alkanes) is 5. The van der Waals surface area contributed by atoms with Crippen molar-refractivity contribution in [3.05, 3.63) is 30.1 Å². The Balaban J connectivity index is 0.00000196. The van der Waals surface area contributed by atoms with Crippen LogP contribution in [-0.4, -0.2) is 4.98 Å². The Bertz CT molecular complexity index is 223. The minimum Gasteiger partial charge on any atom is -0.261 e. The predicted molar refractivity (Wildman–Crippen MR) is 71.6 cm³/mol.